The van der Waals surface area contributed by atoms with Crippen LogP contribution in [0, 0.1) is 0 Å². The molecule has 2 aromatic rings. The van der Waals surface area contributed by atoms with Crippen molar-refractivity contribution in [2.45, 2.75) is 38.5 Å². The largest absolute Gasteiger partial charge is 0.460 e. The van der Waals surface area contributed by atoms with Gasteiger partial charge in [-0.15, -0.1) is 5.10 Å². The highest BCUT2D eigenvalue weighted by molar-refractivity contribution is 5.85. The van der Waals surface area contributed by atoms with Gasteiger partial charge in [0, 0.05) is 5.92 Å². The normalized spacial score (nSPS) is 15.3. The molecule has 5 heteroatoms. The standard InChI is InChI=1S/C16H19N3O2/c1-2-21-16(20)14-17-15(12-8-6-7-9-12)19(18-14)13-10-4-3-5-11-13/h3-5,10-12H,2,6-9H2,1H3. The van der Waals surface area contributed by atoms with Crippen molar-refractivity contribution in [1.29, 1.82) is 0 Å². The van der Waals surface area contributed by atoms with E-state index in [2.05, 4.69) is 10.1 Å². The lowest BCUT2D eigenvalue weighted by Crippen LogP contribution is -2.07. The topological polar surface area (TPSA) is 57.0 Å². The zero-order valence-electron chi connectivity index (χ0n) is 12.2. The number of ether oxygens (including phenoxy) is 1. The Morgan fingerprint density at radius 3 is 2.67 bits per heavy atom. The molecule has 0 spiro atoms. The molecule has 0 bridgehead atoms. The van der Waals surface area contributed by atoms with Crippen LogP contribution < -0.4 is 0 Å². The van der Waals surface area contributed by atoms with Gasteiger partial charge in [-0.2, -0.15) is 0 Å². The van der Waals surface area contributed by atoms with E-state index in [1.807, 2.05) is 30.3 Å². The summed E-state index contributed by atoms with van der Waals surface area (Å²) in [7, 11) is 0. The summed E-state index contributed by atoms with van der Waals surface area (Å²) >= 11 is 0. The van der Waals surface area contributed by atoms with Crippen molar-refractivity contribution in [3.05, 3.63) is 42.0 Å². The molecule has 1 fully saturated rings. The number of hydrogen-bond acceptors (Lipinski definition) is 4. The van der Waals surface area contributed by atoms with Crippen LogP contribution in [0.4, 0.5) is 0 Å². The number of benzene rings is 1. The summed E-state index contributed by atoms with van der Waals surface area (Å²) in [6.07, 6.45) is 4.63. The van der Waals surface area contributed by atoms with Crippen molar-refractivity contribution in [3.63, 3.8) is 0 Å². The predicted octanol–water partition coefficient (Wildman–Crippen LogP) is 3.10. The van der Waals surface area contributed by atoms with Crippen molar-refractivity contribution in [2.24, 2.45) is 0 Å². The van der Waals surface area contributed by atoms with E-state index in [1.54, 1.807) is 11.6 Å². The summed E-state index contributed by atoms with van der Waals surface area (Å²) in [4.78, 5) is 16.4. The van der Waals surface area contributed by atoms with Crippen LogP contribution in [0.5, 0.6) is 0 Å². The van der Waals surface area contributed by atoms with Gasteiger partial charge in [0.2, 0.25) is 0 Å². The second-order valence-electron chi connectivity index (χ2n) is 5.24. The number of nitrogens with zero attached hydrogens (tertiary/aromatic N) is 3. The van der Waals surface area contributed by atoms with Crippen molar-refractivity contribution < 1.29 is 9.53 Å². The fourth-order valence-corrected chi connectivity index (χ4v) is 2.81. The second-order valence-corrected chi connectivity index (χ2v) is 5.24. The second kappa shape index (κ2) is 6.08. The predicted molar refractivity (Wildman–Crippen MR) is 78.5 cm³/mol. The third-order valence-corrected chi connectivity index (χ3v) is 3.81. The molecule has 3 rings (SSSR count). The first-order chi connectivity index (χ1) is 10.3. The van der Waals surface area contributed by atoms with Gasteiger partial charge in [-0.25, -0.2) is 14.5 Å². The van der Waals surface area contributed by atoms with Gasteiger partial charge in [-0.1, -0.05) is 31.0 Å². The SMILES string of the molecule is CCOC(=O)c1nc(C2CCCC2)n(-c2ccccc2)n1. The Morgan fingerprint density at radius 1 is 1.29 bits per heavy atom. The fraction of sp³-hybridized carbons (Fsp3) is 0.438. The third kappa shape index (κ3) is 2.82. The lowest BCUT2D eigenvalue weighted by Gasteiger charge is -2.10. The van der Waals surface area contributed by atoms with E-state index in [1.165, 1.54) is 12.8 Å². The Morgan fingerprint density at radius 2 is 2.00 bits per heavy atom. The van der Waals surface area contributed by atoms with E-state index in [-0.39, 0.29) is 5.82 Å². The monoisotopic (exact) mass is 285 g/mol. The summed E-state index contributed by atoms with van der Waals surface area (Å²) < 4.78 is 6.81. The molecule has 0 N–H and O–H groups in total. The Balaban J connectivity index is 2.01. The van der Waals surface area contributed by atoms with Crippen LogP contribution in [0.3, 0.4) is 0 Å². The fourth-order valence-electron chi connectivity index (χ4n) is 2.81. The van der Waals surface area contributed by atoms with Gasteiger partial charge in [0.15, 0.2) is 0 Å². The Kier molecular flexibility index (Phi) is 3.99. The molecule has 21 heavy (non-hydrogen) atoms. The molecule has 0 amide bonds. The lowest BCUT2D eigenvalue weighted by atomic mass is 10.1. The maximum Gasteiger partial charge on any atom is 0.378 e. The van der Waals surface area contributed by atoms with Crippen LogP contribution in [-0.4, -0.2) is 27.3 Å². The smallest absolute Gasteiger partial charge is 0.378 e. The number of carbonyl (C=O) groups is 1. The first-order valence-electron chi connectivity index (χ1n) is 7.49. The van der Waals surface area contributed by atoms with Crippen LogP contribution in [0.2, 0.25) is 0 Å². The Hall–Kier alpha value is -2.17. The number of esters is 1. The first kappa shape index (κ1) is 13.8. The Bertz CT molecular complexity index is 616. The molecule has 5 nitrogen and oxygen atoms in total. The van der Waals surface area contributed by atoms with Crippen LogP contribution in [0.15, 0.2) is 30.3 Å². The zero-order chi connectivity index (χ0) is 14.7. The molecule has 0 aliphatic heterocycles. The molecule has 1 aliphatic rings. The zero-order valence-corrected chi connectivity index (χ0v) is 12.2. The molecule has 1 aliphatic carbocycles. The molecular formula is C16H19N3O2. The maximum absolute atomic E-state index is 11.9. The molecule has 0 radical (unpaired) electrons. The van der Waals surface area contributed by atoms with Crippen molar-refractivity contribution in [3.8, 4) is 5.69 Å². The summed E-state index contributed by atoms with van der Waals surface area (Å²) in [5, 5.41) is 4.37. The molecule has 110 valence electrons. The lowest BCUT2D eigenvalue weighted by molar-refractivity contribution is 0.0512. The van der Waals surface area contributed by atoms with E-state index in [0.29, 0.717) is 12.5 Å². The molecule has 1 saturated carbocycles. The minimum absolute atomic E-state index is 0.155. The number of hydrogen-bond donors (Lipinski definition) is 0. The quantitative estimate of drug-likeness (QED) is 0.810. The summed E-state index contributed by atoms with van der Waals surface area (Å²) in [5.74, 6) is 0.955. The molecule has 0 atom stereocenters. The molecule has 1 aromatic heterocycles. The van der Waals surface area contributed by atoms with Crippen molar-refractivity contribution in [2.75, 3.05) is 6.61 Å². The summed E-state index contributed by atoms with van der Waals surface area (Å²) in [6, 6.07) is 9.82. The van der Waals surface area contributed by atoms with Gasteiger partial charge < -0.3 is 4.74 Å². The molecule has 0 saturated heterocycles. The van der Waals surface area contributed by atoms with E-state index >= 15 is 0 Å². The van der Waals surface area contributed by atoms with Gasteiger partial charge in [0.1, 0.15) is 5.82 Å². The van der Waals surface area contributed by atoms with E-state index < -0.39 is 5.97 Å². The van der Waals surface area contributed by atoms with Crippen LogP contribution in [0.25, 0.3) is 5.69 Å². The van der Waals surface area contributed by atoms with Gasteiger partial charge >= 0.3 is 5.97 Å². The van der Waals surface area contributed by atoms with Crippen LogP contribution >= 0.6 is 0 Å². The number of para-hydroxylation sites is 1. The van der Waals surface area contributed by atoms with E-state index in [4.69, 9.17) is 4.74 Å². The van der Waals surface area contributed by atoms with E-state index in [0.717, 1.165) is 24.4 Å². The molecule has 0 unspecified atom stereocenters. The van der Waals surface area contributed by atoms with E-state index in [9.17, 15) is 4.79 Å². The van der Waals surface area contributed by atoms with Crippen molar-refractivity contribution in [1.82, 2.24) is 14.8 Å². The maximum atomic E-state index is 11.9. The summed E-state index contributed by atoms with van der Waals surface area (Å²) in [6.45, 7) is 2.11. The number of rotatable bonds is 4. The average molecular weight is 285 g/mol. The average Bonchev–Trinajstić information content (AvgIpc) is 3.17. The highest BCUT2D eigenvalue weighted by atomic mass is 16.5. The van der Waals surface area contributed by atoms with Crippen LogP contribution in [0.1, 0.15) is 55.0 Å². The number of carbonyl (C=O) groups excluding carboxylic acids is 1. The van der Waals surface area contributed by atoms with Gasteiger partial charge in [0.25, 0.3) is 5.82 Å². The highest BCUT2D eigenvalue weighted by Gasteiger charge is 2.26. The minimum atomic E-state index is -0.452. The molecular weight excluding hydrogens is 266 g/mol. The number of aromatic nitrogens is 3. The van der Waals surface area contributed by atoms with Crippen LogP contribution in [-0.2, 0) is 4.74 Å². The van der Waals surface area contributed by atoms with Crippen molar-refractivity contribution >= 4 is 5.97 Å². The van der Waals surface area contributed by atoms with Gasteiger partial charge in [-0.3, -0.25) is 0 Å². The molecule has 1 heterocycles. The van der Waals surface area contributed by atoms with Gasteiger partial charge in [0.05, 0.1) is 12.3 Å². The van der Waals surface area contributed by atoms with Gasteiger partial charge in [-0.05, 0) is 31.9 Å². The summed E-state index contributed by atoms with van der Waals surface area (Å²) in [5.41, 5.74) is 0.933. The first-order valence-corrected chi connectivity index (χ1v) is 7.49. The molecule has 1 aromatic carbocycles. The Labute approximate surface area is 124 Å². The highest BCUT2D eigenvalue weighted by Crippen LogP contribution is 2.34. The third-order valence-electron chi connectivity index (χ3n) is 3.81. The minimum Gasteiger partial charge on any atom is -0.460 e.